The molecule has 1 aliphatic heterocycles. The summed E-state index contributed by atoms with van der Waals surface area (Å²) in [6.07, 6.45) is 1.07. The maximum atomic E-state index is 10.7. The van der Waals surface area contributed by atoms with Gasteiger partial charge in [-0.05, 0) is 0 Å². The predicted octanol–water partition coefficient (Wildman–Crippen LogP) is 0.0678. The van der Waals surface area contributed by atoms with Crippen LogP contribution in [0.2, 0.25) is 0 Å². The second-order valence-corrected chi connectivity index (χ2v) is 1.84. The van der Waals surface area contributed by atoms with Crippen LogP contribution in [-0.4, -0.2) is 11.7 Å². The van der Waals surface area contributed by atoms with E-state index in [1.807, 2.05) is 13.8 Å². The highest BCUT2D eigenvalue weighted by molar-refractivity contribution is 6.47. The van der Waals surface area contributed by atoms with Crippen LogP contribution < -0.4 is 11.1 Å². The fourth-order valence-corrected chi connectivity index (χ4v) is 0.697. The molecule has 4 heteroatoms. The molecule has 0 atom stereocenters. The van der Waals surface area contributed by atoms with E-state index < -0.39 is 11.7 Å². The zero-order valence-corrected chi connectivity index (χ0v) is 7.18. The zero-order valence-electron chi connectivity index (χ0n) is 7.18. The number of rotatable bonds is 0. The maximum Gasteiger partial charge on any atom is 0.296 e. The van der Waals surface area contributed by atoms with Crippen LogP contribution >= 0.6 is 0 Å². The van der Waals surface area contributed by atoms with E-state index in [0.717, 1.165) is 6.20 Å². The third kappa shape index (κ3) is 1.72. The van der Waals surface area contributed by atoms with Crippen LogP contribution in [0.25, 0.3) is 0 Å². The topological polar surface area (TPSA) is 72.2 Å². The number of nitrogens with two attached hydrogens (primary N) is 1. The van der Waals surface area contributed by atoms with Crippen molar-refractivity contribution in [2.45, 2.75) is 13.8 Å². The van der Waals surface area contributed by atoms with Crippen molar-refractivity contribution in [3.8, 4) is 0 Å². The van der Waals surface area contributed by atoms with E-state index in [2.05, 4.69) is 11.9 Å². The lowest BCUT2D eigenvalue weighted by Crippen LogP contribution is -2.17. The van der Waals surface area contributed by atoms with Crippen molar-refractivity contribution in [2.24, 2.45) is 5.73 Å². The highest BCUT2D eigenvalue weighted by atomic mass is 16.2. The van der Waals surface area contributed by atoms with Crippen molar-refractivity contribution >= 4 is 11.7 Å². The van der Waals surface area contributed by atoms with Gasteiger partial charge in [0.1, 0.15) is 0 Å². The van der Waals surface area contributed by atoms with E-state index in [1.165, 1.54) is 0 Å². The van der Waals surface area contributed by atoms with Gasteiger partial charge in [-0.25, -0.2) is 0 Å². The van der Waals surface area contributed by atoms with Gasteiger partial charge in [-0.1, -0.05) is 20.4 Å². The molecule has 12 heavy (non-hydrogen) atoms. The molecule has 1 heterocycles. The summed E-state index contributed by atoms with van der Waals surface area (Å²) < 4.78 is 0. The molecule has 1 aliphatic rings. The van der Waals surface area contributed by atoms with Gasteiger partial charge in [0.15, 0.2) is 0 Å². The molecule has 66 valence electrons. The van der Waals surface area contributed by atoms with Crippen molar-refractivity contribution in [3.63, 3.8) is 0 Å². The first kappa shape index (κ1) is 10.4. The van der Waals surface area contributed by atoms with Crippen molar-refractivity contribution in [3.05, 3.63) is 24.0 Å². The maximum absolute atomic E-state index is 10.7. The van der Waals surface area contributed by atoms with E-state index in [1.54, 1.807) is 0 Å². The molecular formula is C8H12N2O2. The molecule has 4 nitrogen and oxygen atoms in total. The smallest absolute Gasteiger partial charge is 0.296 e. The molecule has 0 saturated carbocycles. The number of carbonyl (C=O) groups excluding carboxylic acids is 2. The summed E-state index contributed by atoms with van der Waals surface area (Å²) in [5, 5.41) is 2.24. The number of ketones is 1. The van der Waals surface area contributed by atoms with E-state index in [9.17, 15) is 9.59 Å². The first-order valence-electron chi connectivity index (χ1n) is 3.63. The van der Waals surface area contributed by atoms with E-state index in [0.29, 0.717) is 0 Å². The number of amides is 1. The highest BCUT2D eigenvalue weighted by Crippen LogP contribution is 2.11. The van der Waals surface area contributed by atoms with Gasteiger partial charge >= 0.3 is 0 Å². The molecule has 0 radical (unpaired) electrons. The van der Waals surface area contributed by atoms with Crippen molar-refractivity contribution in [2.75, 3.05) is 0 Å². The second kappa shape index (κ2) is 4.33. The summed E-state index contributed by atoms with van der Waals surface area (Å²) in [5.41, 5.74) is 5.47. The largest absolute Gasteiger partial charge is 0.404 e. The Hall–Kier alpha value is -1.58. The molecule has 0 aliphatic carbocycles. The molecule has 1 amide bonds. The van der Waals surface area contributed by atoms with Crippen LogP contribution in [0.4, 0.5) is 0 Å². The minimum absolute atomic E-state index is 0.157. The van der Waals surface area contributed by atoms with E-state index >= 15 is 0 Å². The van der Waals surface area contributed by atoms with Gasteiger partial charge in [0.05, 0.1) is 5.57 Å². The van der Waals surface area contributed by atoms with Crippen molar-refractivity contribution < 1.29 is 9.59 Å². The lowest BCUT2D eigenvalue weighted by atomic mass is 10.2. The number of Topliss-reactive ketones (excluding diaryl/α,β-unsaturated/α-hetero) is 1. The molecular weight excluding hydrogens is 156 g/mol. The van der Waals surface area contributed by atoms with Crippen LogP contribution in [-0.2, 0) is 9.59 Å². The van der Waals surface area contributed by atoms with Crippen LogP contribution in [0.3, 0.4) is 0 Å². The molecule has 1 saturated heterocycles. The van der Waals surface area contributed by atoms with Gasteiger partial charge in [0.25, 0.3) is 11.7 Å². The van der Waals surface area contributed by atoms with Crippen molar-refractivity contribution in [1.82, 2.24) is 5.32 Å². The Morgan fingerprint density at radius 1 is 1.42 bits per heavy atom. The number of hydrogen-bond donors (Lipinski definition) is 2. The molecule has 0 aromatic carbocycles. The van der Waals surface area contributed by atoms with Gasteiger partial charge in [-0.3, -0.25) is 9.59 Å². The van der Waals surface area contributed by atoms with E-state index in [-0.39, 0.29) is 11.3 Å². The van der Waals surface area contributed by atoms with Crippen LogP contribution in [0.5, 0.6) is 0 Å². The van der Waals surface area contributed by atoms with Gasteiger partial charge in [0.2, 0.25) is 0 Å². The number of allylic oxidation sites excluding steroid dienone is 1. The average Bonchev–Trinajstić information content (AvgIpc) is 2.31. The van der Waals surface area contributed by atoms with Crippen molar-refractivity contribution in [1.29, 1.82) is 0 Å². The van der Waals surface area contributed by atoms with E-state index in [4.69, 9.17) is 5.73 Å². The number of nitrogens with one attached hydrogen (secondary N) is 1. The van der Waals surface area contributed by atoms with Gasteiger partial charge in [-0.15, -0.1) is 0 Å². The Morgan fingerprint density at radius 2 is 1.92 bits per heavy atom. The summed E-state index contributed by atoms with van der Waals surface area (Å²) in [4.78, 5) is 21.3. The molecule has 1 fully saturated rings. The molecule has 3 N–H and O–H groups in total. The second-order valence-electron chi connectivity index (χ2n) is 1.84. The summed E-state index contributed by atoms with van der Waals surface area (Å²) in [6, 6.07) is 0. The fourth-order valence-electron chi connectivity index (χ4n) is 0.697. The summed E-state index contributed by atoms with van der Waals surface area (Å²) in [5.74, 6) is -1.28. The molecule has 0 aromatic heterocycles. The summed E-state index contributed by atoms with van der Waals surface area (Å²) in [7, 11) is 0. The first-order chi connectivity index (χ1) is 5.66. The SMILES string of the molecule is C=C1NC(=O)C(=O)/C1=C/N.CC. The molecule has 1 rings (SSSR count). The monoisotopic (exact) mass is 168 g/mol. The fraction of sp³-hybridized carbons (Fsp3) is 0.250. The van der Waals surface area contributed by atoms with Crippen LogP contribution in [0.1, 0.15) is 13.8 Å². The van der Waals surface area contributed by atoms with Gasteiger partial charge in [-0.2, -0.15) is 0 Å². The Labute approximate surface area is 71.1 Å². The quantitative estimate of drug-likeness (QED) is 0.397. The van der Waals surface area contributed by atoms with Gasteiger partial charge < -0.3 is 11.1 Å². The Morgan fingerprint density at radius 3 is 2.08 bits per heavy atom. The normalized spacial score (nSPS) is 18.8. The molecule has 0 aromatic rings. The standard InChI is InChI=1S/C6H6N2O2.C2H6/c1-3-4(2-7)5(9)6(10)8-3;1-2/h2H,1,7H2,(H,8,10);1-2H3/b4-2+;. The first-order valence-corrected chi connectivity index (χ1v) is 3.63. The highest BCUT2D eigenvalue weighted by Gasteiger charge is 2.28. The molecule has 0 spiro atoms. The Bertz CT molecular complexity index is 254. The number of carbonyl (C=O) groups is 2. The Balaban J connectivity index is 0.000000561. The minimum atomic E-state index is -0.665. The van der Waals surface area contributed by atoms with Gasteiger partial charge in [0, 0.05) is 11.9 Å². The molecule has 0 bridgehead atoms. The summed E-state index contributed by atoms with van der Waals surface area (Å²) >= 11 is 0. The number of hydrogen-bond acceptors (Lipinski definition) is 3. The average molecular weight is 168 g/mol. The Kier molecular flexibility index (Phi) is 3.76. The lowest BCUT2D eigenvalue weighted by Gasteiger charge is -1.89. The van der Waals surface area contributed by atoms with Crippen LogP contribution in [0.15, 0.2) is 24.0 Å². The summed E-state index contributed by atoms with van der Waals surface area (Å²) in [6.45, 7) is 7.41. The minimum Gasteiger partial charge on any atom is -0.404 e. The lowest BCUT2D eigenvalue weighted by molar-refractivity contribution is -0.133. The third-order valence-corrected chi connectivity index (χ3v) is 1.21. The third-order valence-electron chi connectivity index (χ3n) is 1.21. The predicted molar refractivity (Wildman–Crippen MR) is 45.9 cm³/mol. The van der Waals surface area contributed by atoms with Crippen LogP contribution in [0, 0.1) is 0 Å². The zero-order chi connectivity index (χ0) is 9.72. The molecule has 0 unspecified atom stereocenters.